The number of aromatic nitrogens is 1. The highest BCUT2D eigenvalue weighted by molar-refractivity contribution is 6.35. The molecule has 0 aliphatic heterocycles. The van der Waals surface area contributed by atoms with Crippen LogP contribution in [0.25, 0.3) is 11.3 Å². The number of hydrogen-bond acceptors (Lipinski definition) is 6. The van der Waals surface area contributed by atoms with Crippen molar-refractivity contribution in [2.75, 3.05) is 12.5 Å². The van der Waals surface area contributed by atoms with E-state index in [4.69, 9.17) is 32.4 Å². The fourth-order valence-corrected chi connectivity index (χ4v) is 3.01. The summed E-state index contributed by atoms with van der Waals surface area (Å²) in [6.45, 7) is 2.15. The lowest BCUT2D eigenvalue weighted by atomic mass is 10.1. The molecule has 142 valence electrons. The van der Waals surface area contributed by atoms with Gasteiger partial charge in [0, 0.05) is 29.0 Å². The standard InChI is InChI=1S/C20H16Cl2N4O2/c1-12-7-13(11-27-2)17(9-23)20(25-12)26-24-10-15-4-6-19(28-15)16-8-14(21)3-5-18(16)22/h3-8,10H,11H2,1-2H3,(H,25,26). The molecule has 0 amide bonds. The molecule has 0 aliphatic carbocycles. The van der Waals surface area contributed by atoms with Crippen molar-refractivity contribution in [2.24, 2.45) is 5.10 Å². The normalized spacial score (nSPS) is 11.0. The molecule has 2 heterocycles. The van der Waals surface area contributed by atoms with Gasteiger partial charge in [-0.05, 0) is 43.3 Å². The topological polar surface area (TPSA) is 83.4 Å². The zero-order chi connectivity index (χ0) is 20.1. The highest BCUT2D eigenvalue weighted by Gasteiger charge is 2.11. The molecule has 0 saturated carbocycles. The lowest BCUT2D eigenvalue weighted by Gasteiger charge is -2.08. The zero-order valence-electron chi connectivity index (χ0n) is 15.2. The highest BCUT2D eigenvalue weighted by atomic mass is 35.5. The summed E-state index contributed by atoms with van der Waals surface area (Å²) in [4.78, 5) is 4.33. The molecule has 0 fully saturated rings. The molecule has 0 saturated heterocycles. The van der Waals surface area contributed by atoms with E-state index < -0.39 is 0 Å². The van der Waals surface area contributed by atoms with Gasteiger partial charge in [-0.3, -0.25) is 5.43 Å². The van der Waals surface area contributed by atoms with Gasteiger partial charge < -0.3 is 9.15 Å². The largest absolute Gasteiger partial charge is 0.455 e. The number of anilines is 1. The molecule has 1 aromatic carbocycles. The van der Waals surface area contributed by atoms with E-state index in [1.165, 1.54) is 6.21 Å². The number of benzene rings is 1. The Morgan fingerprint density at radius 1 is 1.29 bits per heavy atom. The summed E-state index contributed by atoms with van der Waals surface area (Å²) in [5.41, 5.74) is 5.36. The lowest BCUT2D eigenvalue weighted by Crippen LogP contribution is -2.03. The van der Waals surface area contributed by atoms with Crippen LogP contribution in [0.3, 0.4) is 0 Å². The first-order valence-corrected chi connectivity index (χ1v) is 9.01. The van der Waals surface area contributed by atoms with Crippen LogP contribution in [0.2, 0.25) is 10.0 Å². The van der Waals surface area contributed by atoms with Crippen molar-refractivity contribution in [1.82, 2.24) is 4.98 Å². The van der Waals surface area contributed by atoms with Gasteiger partial charge in [0.25, 0.3) is 0 Å². The summed E-state index contributed by atoms with van der Waals surface area (Å²) in [5.74, 6) is 1.43. The molecule has 3 rings (SSSR count). The Bertz CT molecular complexity index is 1070. The van der Waals surface area contributed by atoms with E-state index in [9.17, 15) is 5.26 Å². The Labute approximate surface area is 172 Å². The van der Waals surface area contributed by atoms with Crippen LogP contribution < -0.4 is 5.43 Å². The third-order valence-corrected chi connectivity index (χ3v) is 4.39. The summed E-state index contributed by atoms with van der Waals surface area (Å²) in [6.07, 6.45) is 1.49. The van der Waals surface area contributed by atoms with Crippen molar-refractivity contribution in [3.8, 4) is 17.4 Å². The molecule has 6 nitrogen and oxygen atoms in total. The van der Waals surface area contributed by atoms with Crippen LogP contribution in [0.15, 0.2) is 45.9 Å². The molecular weight excluding hydrogens is 399 g/mol. The number of nitrogens with zero attached hydrogens (tertiary/aromatic N) is 3. The fourth-order valence-electron chi connectivity index (χ4n) is 2.63. The molecule has 1 N–H and O–H groups in total. The summed E-state index contributed by atoms with van der Waals surface area (Å²) in [5, 5.41) is 14.7. The minimum absolute atomic E-state index is 0.312. The van der Waals surface area contributed by atoms with E-state index in [-0.39, 0.29) is 0 Å². The lowest BCUT2D eigenvalue weighted by molar-refractivity contribution is 0.184. The maximum Gasteiger partial charge on any atom is 0.164 e. The van der Waals surface area contributed by atoms with Crippen molar-refractivity contribution in [1.29, 1.82) is 5.26 Å². The number of halogens is 2. The monoisotopic (exact) mass is 414 g/mol. The smallest absolute Gasteiger partial charge is 0.164 e. The van der Waals surface area contributed by atoms with Crippen molar-refractivity contribution in [3.63, 3.8) is 0 Å². The fraction of sp³-hybridized carbons (Fsp3) is 0.150. The maximum absolute atomic E-state index is 9.43. The minimum atomic E-state index is 0.312. The highest BCUT2D eigenvalue weighted by Crippen LogP contribution is 2.31. The van der Waals surface area contributed by atoms with E-state index in [0.717, 1.165) is 11.3 Å². The molecule has 0 unspecified atom stereocenters. The minimum Gasteiger partial charge on any atom is -0.455 e. The first kappa shape index (κ1) is 19.9. The second kappa shape index (κ2) is 8.89. The first-order valence-electron chi connectivity index (χ1n) is 8.25. The predicted molar refractivity (Wildman–Crippen MR) is 110 cm³/mol. The van der Waals surface area contributed by atoms with Crippen LogP contribution >= 0.6 is 23.2 Å². The second-order valence-corrected chi connectivity index (χ2v) is 6.73. The summed E-state index contributed by atoms with van der Waals surface area (Å²) in [6, 6.07) is 12.6. The van der Waals surface area contributed by atoms with Crippen LogP contribution in [0.5, 0.6) is 0 Å². The molecule has 0 spiro atoms. The SMILES string of the molecule is COCc1cc(C)nc(NN=Cc2ccc(-c3cc(Cl)ccc3Cl)o2)c1C#N. The number of pyridine rings is 1. The van der Waals surface area contributed by atoms with Crippen LogP contribution in [-0.2, 0) is 11.3 Å². The van der Waals surface area contributed by atoms with Gasteiger partial charge in [-0.15, -0.1) is 0 Å². The molecule has 8 heteroatoms. The summed E-state index contributed by atoms with van der Waals surface area (Å²) < 4.78 is 10.9. The van der Waals surface area contributed by atoms with E-state index in [1.54, 1.807) is 37.4 Å². The van der Waals surface area contributed by atoms with Crippen LogP contribution in [0.1, 0.15) is 22.6 Å². The van der Waals surface area contributed by atoms with Crippen molar-refractivity contribution < 1.29 is 9.15 Å². The van der Waals surface area contributed by atoms with Gasteiger partial charge in [-0.2, -0.15) is 10.4 Å². The number of methoxy groups -OCH3 is 1. The van der Waals surface area contributed by atoms with Crippen LogP contribution in [-0.4, -0.2) is 18.3 Å². The summed E-state index contributed by atoms with van der Waals surface area (Å²) in [7, 11) is 1.57. The number of rotatable bonds is 6. The van der Waals surface area contributed by atoms with E-state index in [0.29, 0.717) is 45.1 Å². The first-order chi connectivity index (χ1) is 13.5. The van der Waals surface area contributed by atoms with E-state index >= 15 is 0 Å². The van der Waals surface area contributed by atoms with Crippen molar-refractivity contribution >= 4 is 35.2 Å². The number of nitriles is 1. The molecule has 28 heavy (non-hydrogen) atoms. The molecular formula is C20H16Cl2N4O2. The number of hydrazone groups is 1. The molecule has 0 atom stereocenters. The Morgan fingerprint density at radius 3 is 2.86 bits per heavy atom. The number of furan rings is 1. The van der Waals surface area contributed by atoms with Gasteiger partial charge in [0.1, 0.15) is 23.2 Å². The quantitative estimate of drug-likeness (QED) is 0.429. The third-order valence-electron chi connectivity index (χ3n) is 3.82. The zero-order valence-corrected chi connectivity index (χ0v) is 16.7. The Hall–Kier alpha value is -2.85. The van der Waals surface area contributed by atoms with Gasteiger partial charge in [0.15, 0.2) is 5.82 Å². The van der Waals surface area contributed by atoms with Gasteiger partial charge >= 0.3 is 0 Å². The number of hydrogen-bond donors (Lipinski definition) is 1. The van der Waals surface area contributed by atoms with Gasteiger partial charge in [0.05, 0.1) is 17.8 Å². The Morgan fingerprint density at radius 2 is 2.11 bits per heavy atom. The van der Waals surface area contributed by atoms with Crippen LogP contribution in [0, 0.1) is 18.3 Å². The van der Waals surface area contributed by atoms with Crippen molar-refractivity contribution in [3.05, 3.63) is 69.0 Å². The number of nitrogens with one attached hydrogen (secondary N) is 1. The molecule has 2 aromatic heterocycles. The summed E-state index contributed by atoms with van der Waals surface area (Å²) >= 11 is 12.2. The second-order valence-electron chi connectivity index (χ2n) is 5.89. The van der Waals surface area contributed by atoms with Gasteiger partial charge in [0.2, 0.25) is 0 Å². The molecule has 3 aromatic rings. The number of aryl methyl sites for hydroxylation is 1. The molecule has 0 bridgehead atoms. The molecule has 0 radical (unpaired) electrons. The number of ether oxygens (including phenoxy) is 1. The van der Waals surface area contributed by atoms with E-state index in [2.05, 4.69) is 21.6 Å². The average Bonchev–Trinajstić information content (AvgIpc) is 3.12. The van der Waals surface area contributed by atoms with Gasteiger partial charge in [-0.25, -0.2) is 4.98 Å². The maximum atomic E-state index is 9.43. The molecule has 0 aliphatic rings. The van der Waals surface area contributed by atoms with Crippen molar-refractivity contribution in [2.45, 2.75) is 13.5 Å². The predicted octanol–water partition coefficient (Wildman–Crippen LogP) is 5.42. The van der Waals surface area contributed by atoms with E-state index in [1.807, 2.05) is 13.0 Å². The van der Waals surface area contributed by atoms with Gasteiger partial charge in [-0.1, -0.05) is 23.2 Å². The Balaban J connectivity index is 1.80. The average molecular weight is 415 g/mol. The van der Waals surface area contributed by atoms with Crippen LogP contribution in [0.4, 0.5) is 5.82 Å². The Kier molecular flexibility index (Phi) is 6.32. The third kappa shape index (κ3) is 4.52.